The summed E-state index contributed by atoms with van der Waals surface area (Å²) in [6, 6.07) is 6.25. The van der Waals surface area contributed by atoms with Gasteiger partial charge in [-0.2, -0.15) is 13.2 Å². The fraction of sp³-hybridized carbons (Fsp3) is 0.571. The Morgan fingerprint density at radius 2 is 2.00 bits per heavy atom. The number of nitrogens with one attached hydrogen (secondary N) is 1. The molecule has 0 bridgehead atoms. The van der Waals surface area contributed by atoms with Crippen LogP contribution in [0.1, 0.15) is 24.0 Å². The summed E-state index contributed by atoms with van der Waals surface area (Å²) >= 11 is 0. The van der Waals surface area contributed by atoms with Crippen molar-refractivity contribution in [2.24, 2.45) is 0 Å². The molecule has 1 fully saturated rings. The molecular formula is C14H19F3N2. The molecule has 1 aliphatic carbocycles. The molecule has 0 unspecified atom stereocenters. The van der Waals surface area contributed by atoms with Gasteiger partial charge in [0.2, 0.25) is 0 Å². The topological polar surface area (TPSA) is 15.3 Å². The number of hydrogen-bond acceptors (Lipinski definition) is 2. The molecule has 0 radical (unpaired) electrons. The summed E-state index contributed by atoms with van der Waals surface area (Å²) in [7, 11) is 1.47. The Bertz CT molecular complexity index is 439. The fourth-order valence-electron chi connectivity index (χ4n) is 2.16. The van der Waals surface area contributed by atoms with Gasteiger partial charge >= 0.3 is 6.18 Å². The van der Waals surface area contributed by atoms with E-state index in [0.717, 1.165) is 17.7 Å². The molecule has 1 aromatic carbocycles. The van der Waals surface area contributed by atoms with Crippen LogP contribution in [0, 0.1) is 6.92 Å². The van der Waals surface area contributed by atoms with Crippen LogP contribution in [0.3, 0.4) is 0 Å². The molecule has 2 nitrogen and oxygen atoms in total. The highest BCUT2D eigenvalue weighted by molar-refractivity contribution is 5.54. The van der Waals surface area contributed by atoms with Gasteiger partial charge in [0.1, 0.15) is 6.54 Å². The minimum absolute atomic E-state index is 0.632. The number of benzene rings is 1. The third-order valence-electron chi connectivity index (χ3n) is 3.26. The summed E-state index contributed by atoms with van der Waals surface area (Å²) in [4.78, 5) is 1.24. The number of hydrogen-bond donors (Lipinski definition) is 1. The summed E-state index contributed by atoms with van der Waals surface area (Å²) in [6.07, 6.45) is -1.72. The first-order valence-electron chi connectivity index (χ1n) is 6.46. The molecule has 0 heterocycles. The molecule has 0 spiro atoms. The zero-order valence-corrected chi connectivity index (χ0v) is 11.2. The Labute approximate surface area is 111 Å². The predicted octanol–water partition coefficient (Wildman–Crippen LogP) is 3.25. The third-order valence-corrected chi connectivity index (χ3v) is 3.26. The van der Waals surface area contributed by atoms with Gasteiger partial charge in [-0.05, 0) is 37.0 Å². The highest BCUT2D eigenvalue weighted by atomic mass is 19.4. The zero-order chi connectivity index (χ0) is 14.0. The van der Waals surface area contributed by atoms with E-state index in [1.165, 1.54) is 24.8 Å². The smallest absolute Gasteiger partial charge is 0.366 e. The second-order valence-corrected chi connectivity index (χ2v) is 5.25. The van der Waals surface area contributed by atoms with E-state index >= 15 is 0 Å². The van der Waals surface area contributed by atoms with Crippen molar-refractivity contribution in [3.05, 3.63) is 29.3 Å². The number of nitrogens with zero attached hydrogens (tertiary/aromatic N) is 1. The summed E-state index contributed by atoms with van der Waals surface area (Å²) in [5, 5.41) is 3.39. The van der Waals surface area contributed by atoms with E-state index in [9.17, 15) is 13.2 Å². The van der Waals surface area contributed by atoms with Crippen LogP contribution in [-0.2, 0) is 6.54 Å². The van der Waals surface area contributed by atoms with Gasteiger partial charge in [-0.15, -0.1) is 0 Å². The van der Waals surface area contributed by atoms with Crippen LogP contribution in [0.5, 0.6) is 0 Å². The van der Waals surface area contributed by atoms with Crippen LogP contribution in [0.4, 0.5) is 18.9 Å². The molecule has 0 aromatic heterocycles. The van der Waals surface area contributed by atoms with Gasteiger partial charge in [-0.25, -0.2) is 0 Å². The molecule has 5 heteroatoms. The molecule has 1 aliphatic rings. The van der Waals surface area contributed by atoms with Crippen LogP contribution >= 0.6 is 0 Å². The molecular weight excluding hydrogens is 253 g/mol. The van der Waals surface area contributed by atoms with Crippen molar-refractivity contribution < 1.29 is 13.2 Å². The van der Waals surface area contributed by atoms with Crippen molar-refractivity contribution in [3.63, 3.8) is 0 Å². The SMILES string of the molecule is Cc1cc(CNC2CC2)ccc1N(C)CC(F)(F)F. The summed E-state index contributed by atoms with van der Waals surface area (Å²) in [5.74, 6) is 0. The van der Waals surface area contributed by atoms with Gasteiger partial charge in [0, 0.05) is 25.3 Å². The van der Waals surface area contributed by atoms with E-state index in [4.69, 9.17) is 0 Å². The maximum atomic E-state index is 12.4. The van der Waals surface area contributed by atoms with E-state index in [2.05, 4.69) is 5.32 Å². The van der Waals surface area contributed by atoms with Gasteiger partial charge in [-0.1, -0.05) is 12.1 Å². The molecule has 1 aromatic rings. The monoisotopic (exact) mass is 272 g/mol. The number of halogens is 3. The molecule has 1 saturated carbocycles. The van der Waals surface area contributed by atoms with Crippen molar-refractivity contribution in [1.29, 1.82) is 0 Å². The standard InChI is InChI=1S/C14H19F3N2/c1-10-7-11(8-18-12-4-5-12)3-6-13(10)19(2)9-14(15,16)17/h3,6-7,12,18H,4-5,8-9H2,1-2H3. The first-order chi connectivity index (χ1) is 8.85. The molecule has 0 aliphatic heterocycles. The maximum Gasteiger partial charge on any atom is 0.405 e. The predicted molar refractivity (Wildman–Crippen MR) is 70.4 cm³/mol. The lowest BCUT2D eigenvalue weighted by Gasteiger charge is -2.23. The summed E-state index contributed by atoms with van der Waals surface area (Å²) < 4.78 is 37.1. The van der Waals surface area contributed by atoms with E-state index in [1.54, 1.807) is 6.07 Å². The quantitative estimate of drug-likeness (QED) is 0.885. The lowest BCUT2D eigenvalue weighted by molar-refractivity contribution is -0.119. The van der Waals surface area contributed by atoms with Crippen LogP contribution in [0.25, 0.3) is 0 Å². The molecule has 106 valence electrons. The molecule has 0 saturated heterocycles. The minimum Gasteiger partial charge on any atom is -0.366 e. The highest BCUT2D eigenvalue weighted by Crippen LogP contribution is 2.25. The second-order valence-electron chi connectivity index (χ2n) is 5.25. The first kappa shape index (κ1) is 14.2. The van der Waals surface area contributed by atoms with Crippen molar-refractivity contribution >= 4 is 5.69 Å². The molecule has 1 N–H and O–H groups in total. The van der Waals surface area contributed by atoms with Gasteiger partial charge in [0.25, 0.3) is 0 Å². The first-order valence-corrected chi connectivity index (χ1v) is 6.46. The van der Waals surface area contributed by atoms with Crippen molar-refractivity contribution in [2.45, 2.75) is 38.5 Å². The van der Waals surface area contributed by atoms with Crippen LogP contribution in [-0.4, -0.2) is 25.8 Å². The van der Waals surface area contributed by atoms with E-state index in [0.29, 0.717) is 11.7 Å². The summed E-state index contributed by atoms with van der Waals surface area (Å²) in [5.41, 5.74) is 2.63. The fourth-order valence-corrected chi connectivity index (χ4v) is 2.16. The van der Waals surface area contributed by atoms with Crippen molar-refractivity contribution in [1.82, 2.24) is 5.32 Å². The Morgan fingerprint density at radius 3 is 2.53 bits per heavy atom. The number of aryl methyl sites for hydroxylation is 1. The van der Waals surface area contributed by atoms with Gasteiger partial charge in [-0.3, -0.25) is 0 Å². The minimum atomic E-state index is -4.17. The second kappa shape index (κ2) is 5.41. The van der Waals surface area contributed by atoms with E-state index in [1.807, 2.05) is 19.1 Å². The molecule has 2 rings (SSSR count). The van der Waals surface area contributed by atoms with Crippen molar-refractivity contribution in [3.8, 4) is 0 Å². The Morgan fingerprint density at radius 1 is 1.32 bits per heavy atom. The zero-order valence-electron chi connectivity index (χ0n) is 11.2. The van der Waals surface area contributed by atoms with E-state index in [-0.39, 0.29) is 0 Å². The summed E-state index contributed by atoms with van der Waals surface area (Å²) in [6.45, 7) is 1.71. The van der Waals surface area contributed by atoms with Gasteiger partial charge < -0.3 is 10.2 Å². The van der Waals surface area contributed by atoms with Crippen LogP contribution < -0.4 is 10.2 Å². The third kappa shape index (κ3) is 4.42. The van der Waals surface area contributed by atoms with Gasteiger partial charge in [0.15, 0.2) is 0 Å². The molecule has 19 heavy (non-hydrogen) atoms. The average molecular weight is 272 g/mol. The normalized spacial score (nSPS) is 15.6. The van der Waals surface area contributed by atoms with Crippen LogP contribution in [0.2, 0.25) is 0 Å². The average Bonchev–Trinajstić information content (AvgIpc) is 3.07. The van der Waals surface area contributed by atoms with E-state index < -0.39 is 12.7 Å². The highest BCUT2D eigenvalue weighted by Gasteiger charge is 2.29. The Kier molecular flexibility index (Phi) is 4.04. The largest absolute Gasteiger partial charge is 0.405 e. The Balaban J connectivity index is 2.00. The van der Waals surface area contributed by atoms with Gasteiger partial charge in [0.05, 0.1) is 0 Å². The number of rotatable bonds is 5. The van der Waals surface area contributed by atoms with Crippen LogP contribution in [0.15, 0.2) is 18.2 Å². The molecule has 0 amide bonds. The number of alkyl halides is 3. The maximum absolute atomic E-state index is 12.4. The lowest BCUT2D eigenvalue weighted by Crippen LogP contribution is -2.31. The van der Waals surface area contributed by atoms with Crippen molar-refractivity contribution in [2.75, 3.05) is 18.5 Å². The molecule has 0 atom stereocenters. The number of anilines is 1. The lowest BCUT2D eigenvalue weighted by atomic mass is 10.1. The Hall–Kier alpha value is -1.23.